The van der Waals surface area contributed by atoms with Gasteiger partial charge in [-0.15, -0.1) is 0 Å². The number of aromatic hydroxyl groups is 1. The van der Waals surface area contributed by atoms with E-state index in [4.69, 9.17) is 0 Å². The molecule has 90 valence electrons. The zero-order valence-corrected chi connectivity index (χ0v) is 10.6. The molecule has 1 nitrogen and oxygen atoms in total. The van der Waals surface area contributed by atoms with Gasteiger partial charge in [0.1, 0.15) is 11.6 Å². The average Bonchev–Trinajstić information content (AvgIpc) is 2.21. The smallest absolute Gasteiger partial charge is 0.134 e. The molecule has 2 aromatic rings. The third-order valence-electron chi connectivity index (χ3n) is 3.04. The van der Waals surface area contributed by atoms with E-state index in [1.165, 1.54) is 0 Å². The first-order valence-corrected chi connectivity index (χ1v) is 5.73. The van der Waals surface area contributed by atoms with Gasteiger partial charge in [0.2, 0.25) is 0 Å². The summed E-state index contributed by atoms with van der Waals surface area (Å²) in [6, 6.07) is 6.85. The molecule has 2 heteroatoms. The van der Waals surface area contributed by atoms with Crippen molar-refractivity contribution in [2.24, 2.45) is 0 Å². The van der Waals surface area contributed by atoms with E-state index < -0.39 is 0 Å². The number of hydrogen-bond donors (Lipinski definition) is 1. The third-order valence-corrected chi connectivity index (χ3v) is 3.04. The lowest BCUT2D eigenvalue weighted by atomic mass is 9.83. The number of phenols is 1. The maximum atomic E-state index is 14.2. The van der Waals surface area contributed by atoms with E-state index in [2.05, 4.69) is 0 Å². The minimum atomic E-state index is -0.203. The standard InChI is InChI=1S/C15H17FO/c1-9-5-6-10-7-11(17)8-12(15(2,3)4)13(10)14(9)16/h5-8,17H,1-4H3. The first-order chi connectivity index (χ1) is 7.80. The lowest BCUT2D eigenvalue weighted by molar-refractivity contribution is 0.472. The Labute approximate surface area is 101 Å². The van der Waals surface area contributed by atoms with Crippen LogP contribution in [0.3, 0.4) is 0 Å². The SMILES string of the molecule is Cc1ccc2cc(O)cc(C(C)(C)C)c2c1F. The second kappa shape index (κ2) is 3.73. The van der Waals surface area contributed by atoms with Gasteiger partial charge < -0.3 is 5.11 Å². The summed E-state index contributed by atoms with van der Waals surface area (Å²) >= 11 is 0. The average molecular weight is 232 g/mol. The summed E-state index contributed by atoms with van der Waals surface area (Å²) < 4.78 is 14.2. The van der Waals surface area contributed by atoms with Crippen LogP contribution < -0.4 is 0 Å². The number of hydrogen-bond acceptors (Lipinski definition) is 1. The summed E-state index contributed by atoms with van der Waals surface area (Å²) in [7, 11) is 0. The second-order valence-electron chi connectivity index (χ2n) is 5.54. The highest BCUT2D eigenvalue weighted by Crippen LogP contribution is 2.35. The fourth-order valence-electron chi connectivity index (χ4n) is 2.10. The highest BCUT2D eigenvalue weighted by molar-refractivity contribution is 5.89. The van der Waals surface area contributed by atoms with Crippen molar-refractivity contribution in [1.82, 2.24) is 0 Å². The Morgan fingerprint density at radius 2 is 1.76 bits per heavy atom. The van der Waals surface area contributed by atoms with Crippen molar-refractivity contribution in [3.8, 4) is 5.75 Å². The number of halogens is 1. The fourth-order valence-corrected chi connectivity index (χ4v) is 2.10. The molecule has 0 heterocycles. The van der Waals surface area contributed by atoms with Gasteiger partial charge in [-0.25, -0.2) is 4.39 Å². The van der Waals surface area contributed by atoms with Crippen LogP contribution in [0.15, 0.2) is 24.3 Å². The van der Waals surface area contributed by atoms with E-state index in [9.17, 15) is 9.50 Å². The van der Waals surface area contributed by atoms with Crippen LogP contribution in [0.1, 0.15) is 31.9 Å². The molecule has 0 aliphatic heterocycles. The zero-order chi connectivity index (χ0) is 12.8. The van der Waals surface area contributed by atoms with Crippen molar-refractivity contribution < 1.29 is 9.50 Å². The molecule has 0 amide bonds. The molecule has 0 aromatic heterocycles. The summed E-state index contributed by atoms with van der Waals surface area (Å²) in [6.45, 7) is 7.81. The van der Waals surface area contributed by atoms with Gasteiger partial charge in [0, 0.05) is 5.39 Å². The van der Waals surface area contributed by atoms with Gasteiger partial charge in [0.25, 0.3) is 0 Å². The molecule has 2 aromatic carbocycles. The first kappa shape index (κ1) is 11.9. The molecule has 17 heavy (non-hydrogen) atoms. The Hall–Kier alpha value is -1.57. The van der Waals surface area contributed by atoms with E-state index in [1.807, 2.05) is 26.8 Å². The Balaban J connectivity index is 2.95. The Bertz CT molecular complexity index is 579. The minimum Gasteiger partial charge on any atom is -0.508 e. The van der Waals surface area contributed by atoms with Crippen LogP contribution >= 0.6 is 0 Å². The van der Waals surface area contributed by atoms with E-state index in [-0.39, 0.29) is 17.0 Å². The number of phenolic OH excluding ortho intramolecular Hbond substituents is 1. The highest BCUT2D eigenvalue weighted by atomic mass is 19.1. The van der Waals surface area contributed by atoms with Crippen LogP contribution in [0.2, 0.25) is 0 Å². The lowest BCUT2D eigenvalue weighted by Crippen LogP contribution is -2.12. The molecule has 0 saturated carbocycles. The normalized spacial score (nSPS) is 12.1. The Kier molecular flexibility index (Phi) is 2.61. The van der Waals surface area contributed by atoms with Gasteiger partial charge in [0.15, 0.2) is 0 Å². The van der Waals surface area contributed by atoms with Crippen molar-refractivity contribution in [3.63, 3.8) is 0 Å². The van der Waals surface area contributed by atoms with Crippen LogP contribution in [0.4, 0.5) is 4.39 Å². The molecule has 0 radical (unpaired) electrons. The molecule has 0 atom stereocenters. The molecule has 1 N–H and O–H groups in total. The number of fused-ring (bicyclic) bond motifs is 1. The van der Waals surface area contributed by atoms with Gasteiger partial charge in [-0.1, -0.05) is 32.9 Å². The molecule has 0 unspecified atom stereocenters. The van der Waals surface area contributed by atoms with Crippen molar-refractivity contribution >= 4 is 10.8 Å². The number of benzene rings is 2. The number of aryl methyl sites for hydroxylation is 1. The quantitative estimate of drug-likeness (QED) is 0.718. The first-order valence-electron chi connectivity index (χ1n) is 5.73. The largest absolute Gasteiger partial charge is 0.508 e. The molecule has 0 aliphatic carbocycles. The monoisotopic (exact) mass is 232 g/mol. The molecular weight excluding hydrogens is 215 g/mol. The molecule has 0 fully saturated rings. The van der Waals surface area contributed by atoms with Crippen LogP contribution in [-0.2, 0) is 5.41 Å². The summed E-state index contributed by atoms with van der Waals surface area (Å²) in [6.07, 6.45) is 0. The Morgan fingerprint density at radius 3 is 2.35 bits per heavy atom. The summed E-state index contributed by atoms with van der Waals surface area (Å²) in [5.74, 6) is -0.00176. The number of rotatable bonds is 0. The predicted molar refractivity (Wildman–Crippen MR) is 69.0 cm³/mol. The molecule has 2 rings (SSSR count). The van der Waals surface area contributed by atoms with Gasteiger partial charge in [0.05, 0.1) is 0 Å². The van der Waals surface area contributed by atoms with Crippen molar-refractivity contribution in [2.45, 2.75) is 33.1 Å². The molecule has 0 saturated heterocycles. The van der Waals surface area contributed by atoms with Crippen LogP contribution in [-0.4, -0.2) is 5.11 Å². The van der Waals surface area contributed by atoms with Gasteiger partial charge >= 0.3 is 0 Å². The van der Waals surface area contributed by atoms with Gasteiger partial charge in [-0.05, 0) is 41.0 Å². The van der Waals surface area contributed by atoms with Crippen molar-refractivity contribution in [1.29, 1.82) is 0 Å². The second-order valence-corrected chi connectivity index (χ2v) is 5.54. The predicted octanol–water partition coefficient (Wildman–Crippen LogP) is 4.29. The Morgan fingerprint density at radius 1 is 1.12 bits per heavy atom. The van der Waals surface area contributed by atoms with E-state index >= 15 is 0 Å². The van der Waals surface area contributed by atoms with Gasteiger partial charge in [-0.2, -0.15) is 0 Å². The summed E-state index contributed by atoms with van der Waals surface area (Å²) in [5.41, 5.74) is 1.27. The maximum absolute atomic E-state index is 14.2. The van der Waals surface area contributed by atoms with Gasteiger partial charge in [-0.3, -0.25) is 0 Å². The van der Waals surface area contributed by atoms with Crippen molar-refractivity contribution in [2.75, 3.05) is 0 Å². The fraction of sp³-hybridized carbons (Fsp3) is 0.333. The minimum absolute atomic E-state index is 0.186. The highest BCUT2D eigenvalue weighted by Gasteiger charge is 2.20. The van der Waals surface area contributed by atoms with E-state index in [0.29, 0.717) is 10.9 Å². The summed E-state index contributed by atoms with van der Waals surface area (Å²) in [5, 5.41) is 11.1. The topological polar surface area (TPSA) is 20.2 Å². The molecule has 0 spiro atoms. The molecule has 0 bridgehead atoms. The lowest BCUT2D eigenvalue weighted by Gasteiger charge is -2.22. The molecular formula is C15H17FO. The van der Waals surface area contributed by atoms with Crippen molar-refractivity contribution in [3.05, 3.63) is 41.2 Å². The summed E-state index contributed by atoms with van der Waals surface area (Å²) in [4.78, 5) is 0. The van der Waals surface area contributed by atoms with Crippen LogP contribution in [0.25, 0.3) is 10.8 Å². The third kappa shape index (κ3) is 1.99. The van der Waals surface area contributed by atoms with Crippen LogP contribution in [0.5, 0.6) is 5.75 Å². The maximum Gasteiger partial charge on any atom is 0.134 e. The van der Waals surface area contributed by atoms with E-state index in [0.717, 1.165) is 10.9 Å². The zero-order valence-electron chi connectivity index (χ0n) is 10.6. The molecule has 0 aliphatic rings. The van der Waals surface area contributed by atoms with Crippen LogP contribution in [0, 0.1) is 12.7 Å². The van der Waals surface area contributed by atoms with E-state index in [1.54, 1.807) is 25.1 Å².